The molecule has 0 radical (unpaired) electrons. The Hall–Kier alpha value is -6.19. The molecule has 0 spiro atoms. The van der Waals surface area contributed by atoms with Gasteiger partial charge in [-0.3, -0.25) is 48.3 Å². The van der Waals surface area contributed by atoms with Gasteiger partial charge in [0.25, 0.3) is 17.7 Å². The van der Waals surface area contributed by atoms with Gasteiger partial charge in [-0.15, -0.1) is 0 Å². The molecule has 0 saturated heterocycles. The van der Waals surface area contributed by atoms with Crippen molar-refractivity contribution < 1.29 is 63.2 Å². The lowest BCUT2D eigenvalue weighted by molar-refractivity contribution is -0.162. The number of nitrogens with one attached hydrogen (secondary N) is 1. The zero-order valence-corrected chi connectivity index (χ0v) is 34.7. The third-order valence-corrected chi connectivity index (χ3v) is 9.60. The number of hydrogen-bond acceptors (Lipinski definition) is 15. The molecule has 2 aliphatic heterocycles. The Bertz CT molecular complexity index is 1830. The average Bonchev–Trinajstić information content (AvgIpc) is 3.49. The number of imide groups is 1. The van der Waals surface area contributed by atoms with E-state index < -0.39 is 71.6 Å². The largest absolute Gasteiger partial charge is 0.480 e. The smallest absolute Gasteiger partial charge is 0.333 e. The molecule has 2 heterocycles. The predicted molar refractivity (Wildman–Crippen MR) is 216 cm³/mol. The molecule has 21 heteroatoms. The van der Waals surface area contributed by atoms with Gasteiger partial charge in [0.15, 0.2) is 0 Å². The summed E-state index contributed by atoms with van der Waals surface area (Å²) in [6.07, 6.45) is 6.26. The summed E-state index contributed by atoms with van der Waals surface area (Å²) >= 11 is 0. The van der Waals surface area contributed by atoms with Crippen LogP contribution in [0.1, 0.15) is 56.0 Å². The van der Waals surface area contributed by atoms with E-state index in [1.54, 1.807) is 53.7 Å². The SMILES string of the molecule is CC(C)(C)N(CC(=O)OC(=O)[C@@H](N)CCCCN1C(=O)C=CC1=O)C(=O)c1cccc(CNC(=O)CN2/C=C\N(CC(=O)O)CCN(CC(=O)O)CCN(CC(=O)O)CC2)c1. The van der Waals surface area contributed by atoms with Gasteiger partial charge in [-0.1, -0.05) is 12.1 Å². The first kappa shape index (κ1) is 49.2. The normalized spacial score (nSPS) is 16.6. The van der Waals surface area contributed by atoms with Crippen molar-refractivity contribution in [1.82, 2.24) is 34.7 Å². The second-order valence-corrected chi connectivity index (χ2v) is 15.6. The Morgan fingerprint density at radius 2 is 1.33 bits per heavy atom. The molecular weight excluding hydrogens is 800 g/mol. The second-order valence-electron chi connectivity index (χ2n) is 15.6. The lowest BCUT2D eigenvalue weighted by Crippen LogP contribution is -2.49. The first-order chi connectivity index (χ1) is 28.7. The quantitative estimate of drug-likeness (QED) is 0.0482. The van der Waals surface area contributed by atoms with Crippen molar-refractivity contribution >= 4 is 53.5 Å². The Balaban J connectivity index is 1.62. The minimum Gasteiger partial charge on any atom is -0.480 e. The van der Waals surface area contributed by atoms with E-state index >= 15 is 0 Å². The molecule has 2 aliphatic rings. The van der Waals surface area contributed by atoms with Crippen LogP contribution in [-0.4, -0.2) is 188 Å². The minimum atomic E-state index is -1.16. The van der Waals surface area contributed by atoms with E-state index in [1.165, 1.54) is 40.4 Å². The number of carbonyl (C=O) groups excluding carboxylic acids is 6. The highest BCUT2D eigenvalue weighted by atomic mass is 16.6. The maximum absolute atomic E-state index is 13.8. The number of aliphatic carboxylic acids is 3. The molecule has 0 aliphatic carbocycles. The summed E-state index contributed by atoms with van der Waals surface area (Å²) in [6, 6.07) is 5.21. The summed E-state index contributed by atoms with van der Waals surface area (Å²) < 4.78 is 4.98. The molecule has 1 aromatic rings. The van der Waals surface area contributed by atoms with Crippen LogP contribution >= 0.6 is 0 Å². The van der Waals surface area contributed by atoms with Crippen LogP contribution in [-0.2, 0) is 49.6 Å². The molecule has 0 fully saturated rings. The lowest BCUT2D eigenvalue weighted by atomic mass is 10.0. The standard InChI is InChI=1S/C40H56N8O13/c1-40(2,3)48(27-37(58)61-39(60)30(41)9-4-5-12-47-32(50)10-11-33(47)51)38(59)29-8-6-7-28(21-29)22-42-31(49)23-43-13-15-44(24-34(52)53)17-19-46(26-36(56)57)20-18-45(16-14-43)25-35(54)55/h6-8,10-11,13,15,21,30H,4-5,9,12,14,16-20,22-27,41H2,1-3H3,(H,42,49)(H,52,53)(H,54,55)(H,56,57)/b15-13-/t30-/m0/s1. The molecule has 1 aromatic carbocycles. The number of rotatable bonds is 19. The van der Waals surface area contributed by atoms with E-state index in [4.69, 9.17) is 10.5 Å². The first-order valence-electron chi connectivity index (χ1n) is 19.7. The van der Waals surface area contributed by atoms with E-state index in [0.717, 1.165) is 4.90 Å². The topological polar surface area (TPSA) is 281 Å². The molecule has 61 heavy (non-hydrogen) atoms. The van der Waals surface area contributed by atoms with Crippen molar-refractivity contribution in [3.8, 4) is 0 Å². The van der Waals surface area contributed by atoms with Gasteiger partial charge in [0.1, 0.15) is 19.1 Å². The molecule has 21 nitrogen and oxygen atoms in total. The zero-order valence-electron chi connectivity index (χ0n) is 34.7. The lowest BCUT2D eigenvalue weighted by Gasteiger charge is -2.35. The van der Waals surface area contributed by atoms with Crippen LogP contribution in [0.25, 0.3) is 0 Å². The third-order valence-electron chi connectivity index (χ3n) is 9.60. The average molecular weight is 857 g/mol. The van der Waals surface area contributed by atoms with E-state index in [2.05, 4.69) is 5.32 Å². The monoisotopic (exact) mass is 856 g/mol. The van der Waals surface area contributed by atoms with E-state index in [1.807, 2.05) is 0 Å². The van der Waals surface area contributed by atoms with Gasteiger partial charge in [-0.2, -0.15) is 0 Å². The predicted octanol–water partition coefficient (Wildman–Crippen LogP) is -1.02. The van der Waals surface area contributed by atoms with E-state index in [9.17, 15) is 58.5 Å². The fourth-order valence-corrected chi connectivity index (χ4v) is 6.30. The van der Waals surface area contributed by atoms with Gasteiger partial charge >= 0.3 is 29.8 Å². The van der Waals surface area contributed by atoms with Crippen molar-refractivity contribution in [1.29, 1.82) is 0 Å². The molecule has 0 aromatic heterocycles. The fourth-order valence-electron chi connectivity index (χ4n) is 6.30. The molecule has 0 bridgehead atoms. The summed E-state index contributed by atoms with van der Waals surface area (Å²) in [5.41, 5.74) is 5.76. The maximum Gasteiger partial charge on any atom is 0.333 e. The number of amides is 4. The van der Waals surface area contributed by atoms with Crippen LogP contribution in [0, 0.1) is 0 Å². The van der Waals surface area contributed by atoms with Crippen molar-refractivity contribution in [2.24, 2.45) is 5.73 Å². The number of carboxylic acid groups (broad SMARTS) is 3. The van der Waals surface area contributed by atoms with Crippen LogP contribution in [0.3, 0.4) is 0 Å². The number of carboxylic acids is 3. The van der Waals surface area contributed by atoms with Gasteiger partial charge in [0, 0.05) is 88.0 Å². The molecule has 4 amide bonds. The summed E-state index contributed by atoms with van der Waals surface area (Å²) in [5, 5.41) is 31.1. The number of nitrogens with zero attached hydrogens (tertiary/aromatic N) is 6. The Morgan fingerprint density at radius 1 is 0.787 bits per heavy atom. The third kappa shape index (κ3) is 17.5. The minimum absolute atomic E-state index is 0.00131. The molecule has 6 N–H and O–H groups in total. The first-order valence-corrected chi connectivity index (χ1v) is 19.7. The van der Waals surface area contributed by atoms with Crippen molar-refractivity contribution in [3.05, 3.63) is 59.9 Å². The van der Waals surface area contributed by atoms with Crippen molar-refractivity contribution in [3.63, 3.8) is 0 Å². The molecule has 1 atom stereocenters. The number of benzene rings is 1. The number of nitrogens with two attached hydrogens (primary N) is 1. The van der Waals surface area contributed by atoms with Gasteiger partial charge in [0.2, 0.25) is 5.91 Å². The molecule has 334 valence electrons. The zero-order chi connectivity index (χ0) is 45.3. The van der Waals surface area contributed by atoms with Crippen LogP contribution in [0.5, 0.6) is 0 Å². The highest BCUT2D eigenvalue weighted by Crippen LogP contribution is 2.19. The summed E-state index contributed by atoms with van der Waals surface area (Å²) in [4.78, 5) is 119. The molecule has 0 saturated carbocycles. The van der Waals surface area contributed by atoms with Crippen molar-refractivity contribution in [2.75, 3.05) is 78.5 Å². The van der Waals surface area contributed by atoms with Crippen LogP contribution in [0.2, 0.25) is 0 Å². The number of unbranched alkanes of at least 4 members (excludes halogenated alkanes) is 1. The maximum atomic E-state index is 13.8. The second kappa shape index (κ2) is 23.6. The Morgan fingerprint density at radius 3 is 1.87 bits per heavy atom. The molecule has 3 rings (SSSR count). The van der Waals surface area contributed by atoms with E-state index in [0.29, 0.717) is 18.4 Å². The highest BCUT2D eigenvalue weighted by molar-refractivity contribution is 6.12. The number of hydrogen-bond donors (Lipinski definition) is 5. The fraction of sp³-hybridized carbons (Fsp3) is 0.525. The van der Waals surface area contributed by atoms with E-state index in [-0.39, 0.29) is 90.5 Å². The molecular formula is C40H56N8O13. The van der Waals surface area contributed by atoms with Crippen LogP contribution < -0.4 is 11.1 Å². The van der Waals surface area contributed by atoms with Crippen LogP contribution in [0.15, 0.2) is 48.8 Å². The van der Waals surface area contributed by atoms with Crippen LogP contribution in [0.4, 0.5) is 0 Å². The Kier molecular flexibility index (Phi) is 19.0. The van der Waals surface area contributed by atoms with Crippen molar-refractivity contribution in [2.45, 2.75) is 58.2 Å². The van der Waals surface area contributed by atoms with Gasteiger partial charge in [-0.05, 0) is 57.7 Å². The van der Waals surface area contributed by atoms with Gasteiger partial charge in [-0.25, -0.2) is 9.59 Å². The highest BCUT2D eigenvalue weighted by Gasteiger charge is 2.32. The number of esters is 2. The number of ether oxygens (including phenoxy) is 1. The van der Waals surface area contributed by atoms with Gasteiger partial charge in [0.05, 0.1) is 19.6 Å². The Labute approximate surface area is 353 Å². The summed E-state index contributed by atoms with van der Waals surface area (Å²) in [7, 11) is 0. The molecule has 0 unspecified atom stereocenters. The van der Waals surface area contributed by atoms with Gasteiger partial charge < -0.3 is 45.8 Å². The summed E-state index contributed by atoms with van der Waals surface area (Å²) in [5.74, 6) is -7.08. The summed E-state index contributed by atoms with van der Waals surface area (Å²) in [6.45, 7) is 4.61. The number of carbonyl (C=O) groups is 9.